The Labute approximate surface area is 128 Å². The number of ether oxygens (including phenoxy) is 4. The van der Waals surface area contributed by atoms with Crippen molar-refractivity contribution < 1.29 is 23.7 Å². The Morgan fingerprint density at radius 3 is 3.10 bits per heavy atom. The Morgan fingerprint density at radius 2 is 2.29 bits per heavy atom. The first kappa shape index (κ1) is 14.5. The zero-order chi connectivity index (χ0) is 14.7. The van der Waals surface area contributed by atoms with E-state index < -0.39 is 0 Å². The molecule has 0 radical (unpaired) electrons. The van der Waals surface area contributed by atoms with Gasteiger partial charge in [-0.25, -0.2) is 0 Å². The Morgan fingerprint density at radius 1 is 1.38 bits per heavy atom. The Balaban J connectivity index is 1.48. The monoisotopic (exact) mass is 312 g/mol. The van der Waals surface area contributed by atoms with Crippen LogP contribution in [0.1, 0.15) is 31.2 Å². The Bertz CT molecular complexity index is 525. The Hall–Kier alpha value is -1.46. The molecule has 0 aromatic heterocycles. The van der Waals surface area contributed by atoms with Gasteiger partial charge in [0.15, 0.2) is 11.5 Å². The van der Waals surface area contributed by atoms with Crippen molar-refractivity contribution in [2.24, 2.45) is 0 Å². The molecule has 0 amide bonds. The summed E-state index contributed by atoms with van der Waals surface area (Å²) in [6, 6.07) is 3.50. The smallest absolute Gasteiger partial charge is 0.306 e. The number of carbonyl (C=O) groups excluding carboxylic acids is 1. The van der Waals surface area contributed by atoms with Gasteiger partial charge >= 0.3 is 5.97 Å². The van der Waals surface area contributed by atoms with Gasteiger partial charge in [-0.05, 0) is 37.0 Å². The van der Waals surface area contributed by atoms with Crippen molar-refractivity contribution >= 4 is 17.6 Å². The highest BCUT2D eigenvalue weighted by molar-refractivity contribution is 6.32. The van der Waals surface area contributed by atoms with Crippen molar-refractivity contribution in [1.29, 1.82) is 0 Å². The number of carbonyl (C=O) groups is 1. The summed E-state index contributed by atoms with van der Waals surface area (Å²) in [5.74, 6) is 0.914. The van der Waals surface area contributed by atoms with Crippen LogP contribution in [0.4, 0.5) is 0 Å². The SMILES string of the molecule is O=C(CCC1CCCO1)OCc1cc(Cl)c2c(c1)OCO2. The van der Waals surface area contributed by atoms with E-state index in [9.17, 15) is 4.79 Å². The third kappa shape index (κ3) is 3.60. The number of esters is 1. The number of hydrogen-bond donors (Lipinski definition) is 0. The average Bonchev–Trinajstić information content (AvgIpc) is 3.14. The molecule has 1 atom stereocenters. The third-order valence-corrected chi connectivity index (χ3v) is 3.86. The lowest BCUT2D eigenvalue weighted by molar-refractivity contribution is -0.145. The lowest BCUT2D eigenvalue weighted by atomic mass is 10.1. The molecule has 6 heteroatoms. The second-order valence-corrected chi connectivity index (χ2v) is 5.55. The van der Waals surface area contributed by atoms with Gasteiger partial charge in [0.05, 0.1) is 11.1 Å². The van der Waals surface area contributed by atoms with Crippen molar-refractivity contribution in [3.05, 3.63) is 22.7 Å². The predicted molar refractivity (Wildman–Crippen MR) is 75.6 cm³/mol. The van der Waals surface area contributed by atoms with E-state index in [1.54, 1.807) is 12.1 Å². The molecule has 0 saturated carbocycles. The highest BCUT2D eigenvalue weighted by Crippen LogP contribution is 2.39. The predicted octanol–water partition coefficient (Wildman–Crippen LogP) is 3.07. The molecule has 1 saturated heterocycles. The van der Waals surface area contributed by atoms with E-state index >= 15 is 0 Å². The van der Waals surface area contributed by atoms with E-state index in [0.717, 1.165) is 31.4 Å². The molecule has 0 N–H and O–H groups in total. The van der Waals surface area contributed by atoms with E-state index in [-0.39, 0.29) is 25.5 Å². The molecule has 21 heavy (non-hydrogen) atoms. The molecule has 5 nitrogen and oxygen atoms in total. The second kappa shape index (κ2) is 6.54. The average molecular weight is 313 g/mol. The maximum atomic E-state index is 11.7. The first-order valence-corrected chi connectivity index (χ1v) is 7.45. The third-order valence-electron chi connectivity index (χ3n) is 3.58. The molecule has 2 heterocycles. The molecule has 0 spiro atoms. The van der Waals surface area contributed by atoms with Gasteiger partial charge in [-0.1, -0.05) is 11.6 Å². The molecule has 114 valence electrons. The summed E-state index contributed by atoms with van der Waals surface area (Å²) in [5, 5.41) is 0.468. The van der Waals surface area contributed by atoms with E-state index in [4.69, 9.17) is 30.5 Å². The van der Waals surface area contributed by atoms with Gasteiger partial charge in [-0.2, -0.15) is 0 Å². The molecule has 1 unspecified atom stereocenters. The summed E-state index contributed by atoms with van der Waals surface area (Å²) in [5.41, 5.74) is 0.787. The van der Waals surface area contributed by atoms with E-state index in [1.165, 1.54) is 0 Å². The Kier molecular flexibility index (Phi) is 4.51. The highest BCUT2D eigenvalue weighted by atomic mass is 35.5. The number of benzene rings is 1. The minimum Gasteiger partial charge on any atom is -0.461 e. The minimum absolute atomic E-state index is 0.166. The van der Waals surface area contributed by atoms with Crippen LogP contribution in [0, 0.1) is 0 Å². The zero-order valence-electron chi connectivity index (χ0n) is 11.6. The second-order valence-electron chi connectivity index (χ2n) is 5.15. The molecule has 3 rings (SSSR count). The fourth-order valence-electron chi connectivity index (χ4n) is 2.49. The fraction of sp³-hybridized carbons (Fsp3) is 0.533. The van der Waals surface area contributed by atoms with Gasteiger partial charge < -0.3 is 18.9 Å². The van der Waals surface area contributed by atoms with Crippen LogP contribution >= 0.6 is 11.6 Å². The number of fused-ring (bicyclic) bond motifs is 1. The molecule has 1 aromatic carbocycles. The van der Waals surface area contributed by atoms with Gasteiger partial charge in [-0.15, -0.1) is 0 Å². The van der Waals surface area contributed by atoms with Crippen molar-refractivity contribution in [2.45, 2.75) is 38.4 Å². The standard InChI is InChI=1S/C15H17ClO5/c16-12-6-10(7-13-15(12)21-9-20-13)8-19-14(17)4-3-11-2-1-5-18-11/h6-7,11H,1-5,8-9H2. The van der Waals surface area contributed by atoms with Gasteiger partial charge in [0, 0.05) is 13.0 Å². The lowest BCUT2D eigenvalue weighted by Crippen LogP contribution is -2.11. The van der Waals surface area contributed by atoms with Gasteiger partial charge in [-0.3, -0.25) is 4.79 Å². The molecule has 0 aliphatic carbocycles. The van der Waals surface area contributed by atoms with Gasteiger partial charge in [0.1, 0.15) is 6.61 Å². The number of hydrogen-bond acceptors (Lipinski definition) is 5. The van der Waals surface area contributed by atoms with Crippen LogP contribution in [-0.2, 0) is 20.9 Å². The van der Waals surface area contributed by atoms with Crippen LogP contribution in [0.3, 0.4) is 0 Å². The van der Waals surface area contributed by atoms with Crippen LogP contribution < -0.4 is 9.47 Å². The first-order chi connectivity index (χ1) is 10.2. The van der Waals surface area contributed by atoms with Crippen molar-refractivity contribution in [2.75, 3.05) is 13.4 Å². The van der Waals surface area contributed by atoms with E-state index in [1.807, 2.05) is 0 Å². The molecule has 1 aromatic rings. The summed E-state index contributed by atoms with van der Waals surface area (Å²) >= 11 is 6.08. The van der Waals surface area contributed by atoms with Crippen LogP contribution in [0.25, 0.3) is 0 Å². The van der Waals surface area contributed by atoms with Crippen molar-refractivity contribution in [3.63, 3.8) is 0 Å². The van der Waals surface area contributed by atoms with E-state index in [0.29, 0.717) is 22.9 Å². The number of halogens is 1. The van der Waals surface area contributed by atoms with Crippen molar-refractivity contribution in [3.8, 4) is 11.5 Å². The normalized spacial score (nSPS) is 19.8. The molecule has 0 bridgehead atoms. The van der Waals surface area contributed by atoms with Gasteiger partial charge in [0.2, 0.25) is 6.79 Å². The highest BCUT2D eigenvalue weighted by Gasteiger charge is 2.19. The molecule has 2 aliphatic rings. The van der Waals surface area contributed by atoms with Gasteiger partial charge in [0.25, 0.3) is 0 Å². The van der Waals surface area contributed by atoms with E-state index in [2.05, 4.69) is 0 Å². The minimum atomic E-state index is -0.223. The quantitative estimate of drug-likeness (QED) is 0.782. The first-order valence-electron chi connectivity index (χ1n) is 7.07. The summed E-state index contributed by atoms with van der Waals surface area (Å²) in [6.45, 7) is 1.15. The van der Waals surface area contributed by atoms with Crippen LogP contribution in [0.2, 0.25) is 5.02 Å². The maximum absolute atomic E-state index is 11.7. The fourth-order valence-corrected chi connectivity index (χ4v) is 2.78. The summed E-state index contributed by atoms with van der Waals surface area (Å²) in [7, 11) is 0. The summed E-state index contributed by atoms with van der Waals surface area (Å²) in [4.78, 5) is 11.7. The molecule has 2 aliphatic heterocycles. The molecular weight excluding hydrogens is 296 g/mol. The van der Waals surface area contributed by atoms with Crippen molar-refractivity contribution in [1.82, 2.24) is 0 Å². The van der Waals surface area contributed by atoms with Crippen LogP contribution in [0.15, 0.2) is 12.1 Å². The lowest BCUT2D eigenvalue weighted by Gasteiger charge is -2.09. The number of rotatable bonds is 5. The topological polar surface area (TPSA) is 54.0 Å². The molecule has 1 fully saturated rings. The molecular formula is C15H17ClO5. The summed E-state index contributed by atoms with van der Waals surface area (Å²) in [6.07, 6.45) is 3.42. The zero-order valence-corrected chi connectivity index (χ0v) is 12.4. The maximum Gasteiger partial charge on any atom is 0.306 e. The van der Waals surface area contributed by atoms with Crippen LogP contribution in [-0.4, -0.2) is 25.5 Å². The summed E-state index contributed by atoms with van der Waals surface area (Å²) < 4.78 is 21.2. The van der Waals surface area contributed by atoms with Crippen LogP contribution in [0.5, 0.6) is 11.5 Å². The largest absolute Gasteiger partial charge is 0.461 e.